The van der Waals surface area contributed by atoms with E-state index in [9.17, 15) is 0 Å². The largest absolute Gasteiger partial charge is 0.298 e. The van der Waals surface area contributed by atoms with Crippen molar-refractivity contribution in [1.29, 1.82) is 0 Å². The molecule has 1 aliphatic carbocycles. The maximum atomic E-state index is 6.18. The first kappa shape index (κ1) is 13.1. The Kier molecular flexibility index (Phi) is 3.13. The Balaban J connectivity index is 1.58. The zero-order valence-corrected chi connectivity index (χ0v) is 12.7. The van der Waals surface area contributed by atoms with Crippen LogP contribution in [0, 0.1) is 5.92 Å². The van der Waals surface area contributed by atoms with Crippen LogP contribution in [0.15, 0.2) is 55.1 Å². The van der Waals surface area contributed by atoms with Gasteiger partial charge < -0.3 is 0 Å². The molecule has 0 bridgehead atoms. The lowest BCUT2D eigenvalue weighted by molar-refractivity contribution is 0.322. The second kappa shape index (κ2) is 5.01. The molecule has 0 amide bonds. The van der Waals surface area contributed by atoms with Gasteiger partial charge in [-0.15, -0.1) is 0 Å². The molecule has 1 fully saturated rings. The van der Waals surface area contributed by atoms with Crippen molar-refractivity contribution in [1.82, 2.24) is 4.90 Å². The molecule has 106 valence electrons. The molecule has 2 heteroatoms. The summed E-state index contributed by atoms with van der Waals surface area (Å²) in [6.07, 6.45) is 0. The standard InChI is InChI=1S/C19H18ClN/c1-13-16-8-7-15(20)9-17(16)19-12-21(11-18(13)19)10-14-5-3-2-4-6-14/h2-9,18-19H,1,10-12H2. The van der Waals surface area contributed by atoms with E-state index in [-0.39, 0.29) is 0 Å². The number of nitrogens with zero attached hydrogens (tertiary/aromatic N) is 1. The van der Waals surface area contributed by atoms with Gasteiger partial charge in [0.2, 0.25) is 0 Å². The van der Waals surface area contributed by atoms with Crippen LogP contribution in [0.25, 0.3) is 5.57 Å². The van der Waals surface area contributed by atoms with Gasteiger partial charge in [0.25, 0.3) is 0 Å². The number of fused-ring (bicyclic) bond motifs is 3. The summed E-state index contributed by atoms with van der Waals surface area (Å²) in [5, 5.41) is 0.837. The maximum absolute atomic E-state index is 6.18. The molecular formula is C19H18ClN. The summed E-state index contributed by atoms with van der Waals surface area (Å²) in [5.74, 6) is 1.12. The van der Waals surface area contributed by atoms with Crippen LogP contribution in [0.5, 0.6) is 0 Å². The van der Waals surface area contributed by atoms with Crippen molar-refractivity contribution in [2.75, 3.05) is 13.1 Å². The van der Waals surface area contributed by atoms with Crippen molar-refractivity contribution in [3.63, 3.8) is 0 Å². The molecule has 0 saturated carbocycles. The number of benzene rings is 2. The van der Waals surface area contributed by atoms with Crippen LogP contribution < -0.4 is 0 Å². The third kappa shape index (κ3) is 2.21. The zero-order valence-electron chi connectivity index (χ0n) is 11.9. The van der Waals surface area contributed by atoms with Gasteiger partial charge in [0.1, 0.15) is 0 Å². The molecule has 2 aromatic carbocycles. The molecule has 21 heavy (non-hydrogen) atoms. The molecule has 1 aliphatic heterocycles. The van der Waals surface area contributed by atoms with Crippen molar-refractivity contribution in [3.8, 4) is 0 Å². The number of halogens is 1. The molecule has 0 radical (unpaired) electrons. The molecule has 2 atom stereocenters. The first-order valence-electron chi connectivity index (χ1n) is 7.47. The van der Waals surface area contributed by atoms with E-state index in [2.05, 4.69) is 53.9 Å². The van der Waals surface area contributed by atoms with E-state index >= 15 is 0 Å². The molecule has 1 heterocycles. The monoisotopic (exact) mass is 295 g/mol. The molecular weight excluding hydrogens is 278 g/mol. The molecule has 2 unspecified atom stereocenters. The molecule has 0 spiro atoms. The predicted molar refractivity (Wildman–Crippen MR) is 88.4 cm³/mol. The van der Waals surface area contributed by atoms with Gasteiger partial charge in [0.15, 0.2) is 0 Å². The van der Waals surface area contributed by atoms with Gasteiger partial charge >= 0.3 is 0 Å². The Morgan fingerprint density at radius 3 is 2.62 bits per heavy atom. The topological polar surface area (TPSA) is 3.24 Å². The van der Waals surface area contributed by atoms with Crippen LogP contribution in [-0.4, -0.2) is 18.0 Å². The first-order chi connectivity index (χ1) is 10.2. The quantitative estimate of drug-likeness (QED) is 0.784. The van der Waals surface area contributed by atoms with E-state index in [1.807, 2.05) is 6.07 Å². The highest BCUT2D eigenvalue weighted by molar-refractivity contribution is 6.30. The highest BCUT2D eigenvalue weighted by Gasteiger charge is 2.42. The lowest BCUT2D eigenvalue weighted by atomic mass is 9.95. The third-order valence-electron chi connectivity index (χ3n) is 4.85. The Morgan fingerprint density at radius 2 is 1.81 bits per heavy atom. The summed E-state index contributed by atoms with van der Waals surface area (Å²) in [6, 6.07) is 17.0. The van der Waals surface area contributed by atoms with Crippen LogP contribution in [-0.2, 0) is 6.54 Å². The normalized spacial score (nSPS) is 24.1. The minimum absolute atomic E-state index is 0.558. The highest BCUT2D eigenvalue weighted by Crippen LogP contribution is 2.49. The number of likely N-dealkylation sites (tertiary alicyclic amines) is 1. The Labute approximate surface area is 130 Å². The van der Waals surface area contributed by atoms with Gasteiger partial charge in [0.05, 0.1) is 0 Å². The van der Waals surface area contributed by atoms with Gasteiger partial charge in [-0.3, -0.25) is 4.90 Å². The molecule has 0 N–H and O–H groups in total. The van der Waals surface area contributed by atoms with Crippen molar-refractivity contribution in [3.05, 3.63) is 76.8 Å². The average molecular weight is 296 g/mol. The Bertz CT molecular complexity index is 692. The number of rotatable bonds is 2. The van der Waals surface area contributed by atoms with E-state index in [4.69, 9.17) is 11.6 Å². The van der Waals surface area contributed by atoms with E-state index < -0.39 is 0 Å². The number of hydrogen-bond acceptors (Lipinski definition) is 1. The predicted octanol–water partition coefficient (Wildman–Crippen LogP) is 4.58. The van der Waals surface area contributed by atoms with Crippen LogP contribution in [0.1, 0.15) is 22.6 Å². The van der Waals surface area contributed by atoms with Crippen molar-refractivity contribution in [2.24, 2.45) is 5.92 Å². The summed E-state index contributed by atoms with van der Waals surface area (Å²) >= 11 is 6.18. The maximum Gasteiger partial charge on any atom is 0.0409 e. The second-order valence-electron chi connectivity index (χ2n) is 6.15. The third-order valence-corrected chi connectivity index (χ3v) is 5.09. The summed E-state index contributed by atoms with van der Waals surface area (Å²) in [5.41, 5.74) is 5.40. The minimum Gasteiger partial charge on any atom is -0.298 e. The minimum atomic E-state index is 0.558. The van der Waals surface area contributed by atoms with Gasteiger partial charge in [-0.05, 0) is 34.4 Å². The van der Waals surface area contributed by atoms with Gasteiger partial charge in [-0.1, -0.05) is 54.6 Å². The average Bonchev–Trinajstić information content (AvgIpc) is 3.00. The molecule has 4 rings (SSSR count). The zero-order chi connectivity index (χ0) is 14.4. The van der Waals surface area contributed by atoms with Crippen LogP contribution in [0.4, 0.5) is 0 Å². The van der Waals surface area contributed by atoms with E-state index in [1.165, 1.54) is 22.3 Å². The highest BCUT2D eigenvalue weighted by atomic mass is 35.5. The first-order valence-corrected chi connectivity index (χ1v) is 7.85. The van der Waals surface area contributed by atoms with Crippen LogP contribution in [0.2, 0.25) is 5.02 Å². The fraction of sp³-hybridized carbons (Fsp3) is 0.263. The summed E-state index contributed by atoms with van der Waals surface area (Å²) in [4.78, 5) is 2.54. The summed E-state index contributed by atoms with van der Waals surface area (Å²) < 4.78 is 0. The van der Waals surface area contributed by atoms with E-state index in [0.717, 1.165) is 24.7 Å². The van der Waals surface area contributed by atoms with Crippen LogP contribution >= 0.6 is 11.6 Å². The number of hydrogen-bond donors (Lipinski definition) is 0. The van der Waals surface area contributed by atoms with E-state index in [1.54, 1.807) is 0 Å². The van der Waals surface area contributed by atoms with Crippen molar-refractivity contribution in [2.45, 2.75) is 12.5 Å². The Morgan fingerprint density at radius 1 is 1.05 bits per heavy atom. The summed E-state index contributed by atoms with van der Waals surface area (Å²) in [7, 11) is 0. The van der Waals surface area contributed by atoms with Crippen molar-refractivity contribution < 1.29 is 0 Å². The fourth-order valence-corrected chi connectivity index (χ4v) is 4.04. The van der Waals surface area contributed by atoms with E-state index in [0.29, 0.717) is 11.8 Å². The van der Waals surface area contributed by atoms with Gasteiger partial charge in [-0.2, -0.15) is 0 Å². The summed E-state index contributed by atoms with van der Waals surface area (Å²) in [6.45, 7) is 7.57. The van der Waals surface area contributed by atoms with Crippen LogP contribution in [0.3, 0.4) is 0 Å². The molecule has 0 aromatic heterocycles. The molecule has 2 aliphatic rings. The lowest BCUT2D eigenvalue weighted by Crippen LogP contribution is -2.21. The second-order valence-corrected chi connectivity index (χ2v) is 6.59. The SMILES string of the molecule is C=C1c2ccc(Cl)cc2C2CN(Cc3ccccc3)CC12. The van der Waals surface area contributed by atoms with Crippen molar-refractivity contribution >= 4 is 17.2 Å². The Hall–Kier alpha value is -1.57. The lowest BCUT2D eigenvalue weighted by Gasteiger charge is -2.17. The van der Waals surface area contributed by atoms with Gasteiger partial charge in [0, 0.05) is 36.5 Å². The fourth-order valence-electron chi connectivity index (χ4n) is 3.86. The molecule has 1 nitrogen and oxygen atoms in total. The smallest absolute Gasteiger partial charge is 0.0409 e. The molecule has 1 saturated heterocycles. The van der Waals surface area contributed by atoms with Gasteiger partial charge in [-0.25, -0.2) is 0 Å². The molecule has 2 aromatic rings.